The van der Waals surface area contributed by atoms with Gasteiger partial charge in [-0.25, -0.2) is 4.79 Å². The largest absolute Gasteiger partial charge is 0.507 e. The number of carboxylic acid groups (broad SMARTS) is 1. The van der Waals surface area contributed by atoms with E-state index in [4.69, 9.17) is 10.8 Å². The van der Waals surface area contributed by atoms with E-state index in [9.17, 15) is 14.7 Å². The summed E-state index contributed by atoms with van der Waals surface area (Å²) >= 11 is 0. The second kappa shape index (κ2) is 5.13. The van der Waals surface area contributed by atoms with Crippen LogP contribution in [0.15, 0.2) is 18.2 Å². The molecular formula is C10H12N2O4. The molecule has 0 unspecified atom stereocenters. The summed E-state index contributed by atoms with van der Waals surface area (Å²) in [6.45, 7) is 0.227. The van der Waals surface area contributed by atoms with Crippen LogP contribution in [-0.4, -0.2) is 28.6 Å². The van der Waals surface area contributed by atoms with Gasteiger partial charge in [0.25, 0.3) is 0 Å². The molecule has 0 aromatic heterocycles. The molecule has 86 valence electrons. The van der Waals surface area contributed by atoms with Gasteiger partial charge in [0.15, 0.2) is 0 Å². The predicted molar refractivity (Wildman–Crippen MR) is 57.4 cm³/mol. The van der Waals surface area contributed by atoms with Crippen molar-refractivity contribution in [1.82, 2.24) is 0 Å². The summed E-state index contributed by atoms with van der Waals surface area (Å²) in [4.78, 5) is 21.7. The molecule has 0 radical (unpaired) electrons. The molecule has 1 rings (SSSR count). The maximum absolute atomic E-state index is 11.2. The zero-order chi connectivity index (χ0) is 12.1. The quantitative estimate of drug-likeness (QED) is 0.590. The number of nitrogens with one attached hydrogen (secondary N) is 1. The van der Waals surface area contributed by atoms with Crippen molar-refractivity contribution < 1.29 is 19.8 Å². The Labute approximate surface area is 91.7 Å². The summed E-state index contributed by atoms with van der Waals surface area (Å²) in [6.07, 6.45) is 0.168. The Morgan fingerprint density at radius 1 is 1.38 bits per heavy atom. The Hall–Kier alpha value is -2.08. The first-order valence-corrected chi connectivity index (χ1v) is 4.61. The predicted octanol–water partition coefficient (Wildman–Crippen LogP) is 0.378. The van der Waals surface area contributed by atoms with Gasteiger partial charge in [-0.2, -0.15) is 0 Å². The Kier molecular flexibility index (Phi) is 3.84. The number of amides is 1. The Morgan fingerprint density at radius 3 is 2.56 bits per heavy atom. The van der Waals surface area contributed by atoms with Crippen LogP contribution in [-0.2, 0) is 4.79 Å². The van der Waals surface area contributed by atoms with Gasteiger partial charge in [0.1, 0.15) is 11.3 Å². The number of carbonyl (C=O) groups excluding carboxylic acids is 1. The van der Waals surface area contributed by atoms with Crippen LogP contribution in [0.2, 0.25) is 0 Å². The second-order valence-corrected chi connectivity index (χ2v) is 3.12. The van der Waals surface area contributed by atoms with Crippen LogP contribution < -0.4 is 11.1 Å². The molecule has 1 aromatic carbocycles. The molecule has 6 nitrogen and oxygen atoms in total. The van der Waals surface area contributed by atoms with Gasteiger partial charge in [0, 0.05) is 24.7 Å². The maximum Gasteiger partial charge on any atom is 0.339 e. The van der Waals surface area contributed by atoms with E-state index in [1.165, 1.54) is 18.2 Å². The van der Waals surface area contributed by atoms with Gasteiger partial charge in [-0.1, -0.05) is 0 Å². The number of phenols is 1. The average molecular weight is 224 g/mol. The Bertz CT molecular complexity index is 417. The van der Waals surface area contributed by atoms with Crippen molar-refractivity contribution >= 4 is 17.6 Å². The number of carbonyl (C=O) groups is 2. The minimum atomic E-state index is -1.22. The number of aromatic carboxylic acids is 1. The average Bonchev–Trinajstić information content (AvgIpc) is 2.17. The van der Waals surface area contributed by atoms with Gasteiger partial charge in [0.2, 0.25) is 5.91 Å². The SMILES string of the molecule is NCCC(=O)Nc1ccc(C(=O)O)c(O)c1. The summed E-state index contributed by atoms with van der Waals surface area (Å²) in [6, 6.07) is 3.80. The number of rotatable bonds is 4. The van der Waals surface area contributed by atoms with Crippen LogP contribution in [0.1, 0.15) is 16.8 Å². The van der Waals surface area contributed by atoms with Crippen LogP contribution in [0.4, 0.5) is 5.69 Å². The molecule has 16 heavy (non-hydrogen) atoms. The van der Waals surface area contributed by atoms with Gasteiger partial charge >= 0.3 is 5.97 Å². The number of nitrogens with two attached hydrogens (primary N) is 1. The summed E-state index contributed by atoms with van der Waals surface area (Å²) in [5.41, 5.74) is 5.31. The molecule has 0 aliphatic carbocycles. The van der Waals surface area contributed by atoms with Gasteiger partial charge in [-0.05, 0) is 12.1 Å². The van der Waals surface area contributed by atoms with Crippen LogP contribution in [0.25, 0.3) is 0 Å². The van der Waals surface area contributed by atoms with Gasteiger partial charge < -0.3 is 21.3 Å². The maximum atomic E-state index is 11.2. The van der Waals surface area contributed by atoms with E-state index in [0.717, 1.165) is 0 Å². The van der Waals surface area contributed by atoms with Crippen molar-refractivity contribution in [3.05, 3.63) is 23.8 Å². The van der Waals surface area contributed by atoms with Crippen LogP contribution >= 0.6 is 0 Å². The van der Waals surface area contributed by atoms with E-state index >= 15 is 0 Å². The highest BCUT2D eigenvalue weighted by Gasteiger charge is 2.10. The van der Waals surface area contributed by atoms with Crippen molar-refractivity contribution in [3.8, 4) is 5.75 Å². The van der Waals surface area contributed by atoms with E-state index in [2.05, 4.69) is 5.32 Å². The summed E-state index contributed by atoms with van der Waals surface area (Å²) < 4.78 is 0. The van der Waals surface area contributed by atoms with Crippen LogP contribution in [0, 0.1) is 0 Å². The van der Waals surface area contributed by atoms with Crippen molar-refractivity contribution in [2.75, 3.05) is 11.9 Å². The molecule has 0 bridgehead atoms. The Morgan fingerprint density at radius 2 is 2.06 bits per heavy atom. The van der Waals surface area contributed by atoms with E-state index in [1.54, 1.807) is 0 Å². The highest BCUT2D eigenvalue weighted by molar-refractivity contribution is 5.94. The normalized spacial score (nSPS) is 9.81. The van der Waals surface area contributed by atoms with Gasteiger partial charge in [-0.15, -0.1) is 0 Å². The molecule has 0 fully saturated rings. The fourth-order valence-electron chi connectivity index (χ4n) is 1.14. The molecular weight excluding hydrogens is 212 g/mol. The fourth-order valence-corrected chi connectivity index (χ4v) is 1.14. The van der Waals surface area contributed by atoms with E-state index < -0.39 is 11.7 Å². The summed E-state index contributed by atoms with van der Waals surface area (Å²) in [5, 5.41) is 20.5. The minimum Gasteiger partial charge on any atom is -0.507 e. The second-order valence-electron chi connectivity index (χ2n) is 3.12. The van der Waals surface area contributed by atoms with E-state index in [0.29, 0.717) is 5.69 Å². The number of aromatic hydroxyl groups is 1. The van der Waals surface area contributed by atoms with Gasteiger partial charge in [-0.3, -0.25) is 4.79 Å². The highest BCUT2D eigenvalue weighted by Crippen LogP contribution is 2.21. The third-order valence-electron chi connectivity index (χ3n) is 1.88. The molecule has 0 aliphatic heterocycles. The number of anilines is 1. The molecule has 0 heterocycles. The lowest BCUT2D eigenvalue weighted by Crippen LogP contribution is -2.16. The molecule has 1 amide bonds. The van der Waals surface area contributed by atoms with Crippen LogP contribution in [0.3, 0.4) is 0 Å². The summed E-state index contributed by atoms with van der Waals surface area (Å²) in [7, 11) is 0. The first kappa shape index (κ1) is 12.0. The minimum absolute atomic E-state index is 0.168. The number of carboxylic acids is 1. The third-order valence-corrected chi connectivity index (χ3v) is 1.88. The van der Waals surface area contributed by atoms with Crippen molar-refractivity contribution in [3.63, 3.8) is 0 Å². The number of hydrogen-bond acceptors (Lipinski definition) is 4. The molecule has 1 aromatic rings. The van der Waals surface area contributed by atoms with Gasteiger partial charge in [0.05, 0.1) is 0 Å². The molecule has 6 heteroatoms. The zero-order valence-electron chi connectivity index (χ0n) is 8.43. The summed E-state index contributed by atoms with van der Waals surface area (Å²) in [5.74, 6) is -1.90. The fraction of sp³-hybridized carbons (Fsp3) is 0.200. The van der Waals surface area contributed by atoms with Crippen molar-refractivity contribution in [1.29, 1.82) is 0 Å². The smallest absolute Gasteiger partial charge is 0.339 e. The number of hydrogen-bond donors (Lipinski definition) is 4. The lowest BCUT2D eigenvalue weighted by atomic mass is 10.2. The highest BCUT2D eigenvalue weighted by atomic mass is 16.4. The molecule has 0 saturated heterocycles. The molecule has 5 N–H and O–H groups in total. The van der Waals surface area contributed by atoms with Crippen molar-refractivity contribution in [2.45, 2.75) is 6.42 Å². The standard InChI is InChI=1S/C10H12N2O4/c11-4-3-9(14)12-6-1-2-7(10(15)16)8(13)5-6/h1-2,5,13H,3-4,11H2,(H,12,14)(H,15,16). The van der Waals surface area contributed by atoms with Crippen LogP contribution in [0.5, 0.6) is 5.75 Å². The van der Waals surface area contributed by atoms with E-state index in [1.807, 2.05) is 0 Å². The van der Waals surface area contributed by atoms with Crippen molar-refractivity contribution in [2.24, 2.45) is 5.73 Å². The monoisotopic (exact) mass is 224 g/mol. The topological polar surface area (TPSA) is 113 Å². The molecule has 0 spiro atoms. The molecule has 0 atom stereocenters. The lowest BCUT2D eigenvalue weighted by molar-refractivity contribution is -0.116. The third kappa shape index (κ3) is 2.96. The first-order valence-electron chi connectivity index (χ1n) is 4.61. The molecule has 0 aliphatic rings. The van der Waals surface area contributed by atoms with E-state index in [-0.39, 0.29) is 24.4 Å². The zero-order valence-corrected chi connectivity index (χ0v) is 8.43. The number of benzene rings is 1. The molecule has 0 saturated carbocycles. The first-order chi connectivity index (χ1) is 7.54. The lowest BCUT2D eigenvalue weighted by Gasteiger charge is -2.06. The Balaban J connectivity index is 2.81.